The van der Waals surface area contributed by atoms with Gasteiger partial charge in [0.2, 0.25) is 5.91 Å². The molecule has 7 nitrogen and oxygen atoms in total. The maximum atomic E-state index is 12.7. The van der Waals surface area contributed by atoms with Gasteiger partial charge in [-0.3, -0.25) is 9.78 Å². The van der Waals surface area contributed by atoms with Crippen molar-refractivity contribution in [2.45, 2.75) is 31.8 Å². The third-order valence-corrected chi connectivity index (χ3v) is 5.98. The number of carbonyl (C=O) groups is 2. The number of likely N-dealkylation sites (tertiary alicyclic amines) is 1. The second kappa shape index (κ2) is 9.39. The largest absolute Gasteiger partial charge is 0.357 e. The van der Waals surface area contributed by atoms with Crippen LogP contribution in [0.2, 0.25) is 5.02 Å². The summed E-state index contributed by atoms with van der Waals surface area (Å²) in [6.45, 7) is 1.65. The molecule has 162 valence electrons. The van der Waals surface area contributed by atoms with Gasteiger partial charge in [0.15, 0.2) is 0 Å². The van der Waals surface area contributed by atoms with E-state index < -0.39 is 0 Å². The van der Waals surface area contributed by atoms with Crippen LogP contribution in [0, 0.1) is 0 Å². The van der Waals surface area contributed by atoms with Crippen LogP contribution >= 0.6 is 11.6 Å². The normalized spacial score (nSPS) is 16.3. The van der Waals surface area contributed by atoms with Gasteiger partial charge < -0.3 is 20.1 Å². The Morgan fingerprint density at radius 2 is 2.16 bits per heavy atom. The van der Waals surface area contributed by atoms with Crippen LogP contribution in [-0.2, 0) is 17.8 Å². The lowest BCUT2D eigenvalue weighted by molar-refractivity contribution is -0.132. The van der Waals surface area contributed by atoms with Crippen molar-refractivity contribution in [3.8, 4) is 0 Å². The smallest absolute Gasteiger partial charge is 0.317 e. The first kappa shape index (κ1) is 21.2. The van der Waals surface area contributed by atoms with E-state index in [1.165, 1.54) is 0 Å². The van der Waals surface area contributed by atoms with E-state index in [0.29, 0.717) is 18.1 Å². The number of likely N-dealkylation sites (N-methyl/N-ethyl adjacent to an activating group) is 1. The van der Waals surface area contributed by atoms with Gasteiger partial charge in [-0.05, 0) is 49.2 Å². The van der Waals surface area contributed by atoms with Crippen molar-refractivity contribution in [2.24, 2.45) is 0 Å². The number of hydrogen-bond acceptors (Lipinski definition) is 3. The molecular weight excluding hydrogens is 414 g/mol. The van der Waals surface area contributed by atoms with Gasteiger partial charge in [-0.15, -0.1) is 0 Å². The maximum absolute atomic E-state index is 12.7. The number of piperidine rings is 1. The Balaban J connectivity index is 1.31. The van der Waals surface area contributed by atoms with Crippen LogP contribution in [0.4, 0.5) is 4.79 Å². The van der Waals surface area contributed by atoms with E-state index in [1.807, 2.05) is 47.4 Å². The van der Waals surface area contributed by atoms with Gasteiger partial charge in [0.05, 0.1) is 19.0 Å². The fraction of sp³-hybridized carbons (Fsp3) is 0.348. The summed E-state index contributed by atoms with van der Waals surface area (Å²) < 4.78 is 0. The molecule has 1 atom stereocenters. The number of aromatic nitrogens is 2. The van der Waals surface area contributed by atoms with Gasteiger partial charge in [0.25, 0.3) is 0 Å². The van der Waals surface area contributed by atoms with Crippen LogP contribution in [0.5, 0.6) is 0 Å². The number of amides is 3. The second-order valence-electron chi connectivity index (χ2n) is 7.93. The zero-order valence-corrected chi connectivity index (χ0v) is 18.2. The number of hydrogen-bond donors (Lipinski definition) is 2. The number of pyridine rings is 1. The van der Waals surface area contributed by atoms with Crippen molar-refractivity contribution in [3.63, 3.8) is 0 Å². The number of aromatic amines is 1. The minimum absolute atomic E-state index is 0.0112. The molecular formula is C23H26ClN5O2. The van der Waals surface area contributed by atoms with Gasteiger partial charge in [-0.2, -0.15) is 0 Å². The Labute approximate surface area is 186 Å². The molecule has 0 spiro atoms. The topological polar surface area (TPSA) is 81.3 Å². The summed E-state index contributed by atoms with van der Waals surface area (Å²) in [7, 11) is 1.79. The van der Waals surface area contributed by atoms with Crippen molar-refractivity contribution in [1.29, 1.82) is 0 Å². The number of carbonyl (C=O) groups excluding carboxylic acids is 2. The number of rotatable bonds is 5. The van der Waals surface area contributed by atoms with Crippen molar-refractivity contribution >= 4 is 34.4 Å². The molecule has 1 aromatic carbocycles. The lowest BCUT2D eigenvalue weighted by Gasteiger charge is -2.37. The lowest BCUT2D eigenvalue weighted by Crippen LogP contribution is -2.52. The summed E-state index contributed by atoms with van der Waals surface area (Å²) in [6.07, 6.45) is 3.73. The van der Waals surface area contributed by atoms with Crippen molar-refractivity contribution < 1.29 is 9.59 Å². The van der Waals surface area contributed by atoms with E-state index in [4.69, 9.17) is 11.6 Å². The van der Waals surface area contributed by atoms with Gasteiger partial charge >= 0.3 is 6.03 Å². The summed E-state index contributed by atoms with van der Waals surface area (Å²) in [6, 6.07) is 13.1. The quantitative estimate of drug-likeness (QED) is 0.637. The van der Waals surface area contributed by atoms with Crippen LogP contribution in [0.1, 0.15) is 24.2 Å². The Morgan fingerprint density at radius 1 is 1.29 bits per heavy atom. The molecule has 0 bridgehead atoms. The van der Waals surface area contributed by atoms with Crippen LogP contribution in [0.25, 0.3) is 10.9 Å². The highest BCUT2D eigenvalue weighted by Crippen LogP contribution is 2.20. The standard InChI is InChI=1S/C23H26ClN5O2/c1-28(23(31)26-14-19-12-16-11-17(24)7-8-21(16)27-19)20-6-4-10-29(15-20)22(30)13-18-5-2-3-9-25-18/h2-3,5,7-9,11-12,20,27H,4,6,10,13-15H2,1H3,(H,26,31). The number of nitrogens with zero attached hydrogens (tertiary/aromatic N) is 3. The predicted molar refractivity (Wildman–Crippen MR) is 121 cm³/mol. The van der Waals surface area contributed by atoms with Gasteiger partial charge in [-0.1, -0.05) is 17.7 Å². The average molecular weight is 440 g/mol. The highest BCUT2D eigenvalue weighted by Gasteiger charge is 2.28. The molecule has 0 aliphatic carbocycles. The van der Waals surface area contributed by atoms with Crippen LogP contribution in [0.3, 0.4) is 0 Å². The second-order valence-corrected chi connectivity index (χ2v) is 8.37. The molecule has 2 N–H and O–H groups in total. The average Bonchev–Trinajstić information content (AvgIpc) is 3.19. The molecule has 3 amide bonds. The van der Waals surface area contributed by atoms with Crippen molar-refractivity contribution in [2.75, 3.05) is 20.1 Å². The number of fused-ring (bicyclic) bond motifs is 1. The number of benzene rings is 1. The Kier molecular flexibility index (Phi) is 6.42. The SMILES string of the molecule is CN(C(=O)NCc1cc2cc(Cl)ccc2[nH]1)C1CCCN(C(=O)Cc2ccccn2)C1. The molecule has 3 heterocycles. The highest BCUT2D eigenvalue weighted by atomic mass is 35.5. The minimum Gasteiger partial charge on any atom is -0.357 e. The first-order valence-corrected chi connectivity index (χ1v) is 10.8. The van der Waals surface area contributed by atoms with E-state index >= 15 is 0 Å². The summed E-state index contributed by atoms with van der Waals surface area (Å²) in [5, 5.41) is 4.66. The molecule has 1 unspecified atom stereocenters. The summed E-state index contributed by atoms with van der Waals surface area (Å²) in [5.74, 6) is 0.0499. The molecule has 2 aromatic heterocycles. The minimum atomic E-state index is -0.152. The number of urea groups is 1. The zero-order valence-electron chi connectivity index (χ0n) is 17.5. The fourth-order valence-electron chi connectivity index (χ4n) is 3.99. The Bertz CT molecular complexity index is 1070. The van der Waals surface area contributed by atoms with E-state index in [0.717, 1.165) is 41.7 Å². The zero-order chi connectivity index (χ0) is 21.8. The molecule has 1 fully saturated rings. The third-order valence-electron chi connectivity index (χ3n) is 5.74. The first-order chi connectivity index (χ1) is 15.0. The lowest BCUT2D eigenvalue weighted by atomic mass is 10.0. The molecule has 31 heavy (non-hydrogen) atoms. The molecule has 1 saturated heterocycles. The highest BCUT2D eigenvalue weighted by molar-refractivity contribution is 6.31. The predicted octanol–water partition coefficient (Wildman–Crippen LogP) is 3.59. The Hall–Kier alpha value is -3.06. The third kappa shape index (κ3) is 5.17. The summed E-state index contributed by atoms with van der Waals surface area (Å²) in [5.41, 5.74) is 2.66. The molecule has 3 aromatic rings. The first-order valence-electron chi connectivity index (χ1n) is 10.4. The summed E-state index contributed by atoms with van der Waals surface area (Å²) in [4.78, 5) is 36.5. The van der Waals surface area contributed by atoms with Crippen molar-refractivity contribution in [1.82, 2.24) is 25.1 Å². The van der Waals surface area contributed by atoms with E-state index in [1.54, 1.807) is 18.1 Å². The van der Waals surface area contributed by atoms with Crippen LogP contribution in [-0.4, -0.2) is 57.9 Å². The molecule has 1 aliphatic heterocycles. The van der Waals surface area contributed by atoms with E-state index in [-0.39, 0.29) is 24.4 Å². The molecule has 8 heteroatoms. The fourth-order valence-corrected chi connectivity index (χ4v) is 4.17. The Morgan fingerprint density at radius 3 is 2.97 bits per heavy atom. The van der Waals surface area contributed by atoms with Gasteiger partial charge in [-0.25, -0.2) is 4.79 Å². The number of H-pyrrole nitrogens is 1. The maximum Gasteiger partial charge on any atom is 0.317 e. The molecule has 4 rings (SSSR count). The van der Waals surface area contributed by atoms with E-state index in [9.17, 15) is 9.59 Å². The van der Waals surface area contributed by atoms with Crippen molar-refractivity contribution in [3.05, 3.63) is 65.1 Å². The molecule has 0 radical (unpaired) electrons. The summed E-state index contributed by atoms with van der Waals surface area (Å²) >= 11 is 6.04. The van der Waals surface area contributed by atoms with Crippen LogP contribution < -0.4 is 5.32 Å². The van der Waals surface area contributed by atoms with Gasteiger partial charge in [0.1, 0.15) is 0 Å². The monoisotopic (exact) mass is 439 g/mol. The van der Waals surface area contributed by atoms with E-state index in [2.05, 4.69) is 15.3 Å². The number of nitrogens with one attached hydrogen (secondary N) is 2. The van der Waals surface area contributed by atoms with Gasteiger partial charge in [0, 0.05) is 53.6 Å². The number of halogens is 1. The molecule has 1 aliphatic rings. The van der Waals surface area contributed by atoms with Crippen LogP contribution in [0.15, 0.2) is 48.7 Å². The molecule has 0 saturated carbocycles.